The van der Waals surface area contributed by atoms with E-state index in [0.29, 0.717) is 17.5 Å². The fourth-order valence-corrected chi connectivity index (χ4v) is 6.47. The fourth-order valence-electron chi connectivity index (χ4n) is 5.52. The minimum atomic E-state index is 0.653. The minimum absolute atomic E-state index is 0.653. The molecule has 0 N–H and O–H groups in total. The molecule has 5 heteroatoms. The third-order valence-corrected chi connectivity index (χ3v) is 8.46. The highest BCUT2D eigenvalue weighted by molar-refractivity contribution is 7.17. The zero-order valence-corrected chi connectivity index (χ0v) is 23.4. The van der Waals surface area contributed by atoms with Gasteiger partial charge in [0.15, 0.2) is 17.5 Å². The Balaban J connectivity index is 1.20. The molecule has 0 aliphatic rings. The molecule has 8 rings (SSSR count). The van der Waals surface area contributed by atoms with Crippen molar-refractivity contribution >= 4 is 32.5 Å². The number of fused-ring (bicyclic) bond motifs is 3. The second-order valence-corrected chi connectivity index (χ2v) is 11.1. The van der Waals surface area contributed by atoms with Crippen LogP contribution in [0.2, 0.25) is 0 Å². The van der Waals surface area contributed by atoms with Crippen LogP contribution in [0.1, 0.15) is 0 Å². The molecular formula is C37H24N4S. The second kappa shape index (κ2) is 10.2. The summed E-state index contributed by atoms with van der Waals surface area (Å²) in [6.07, 6.45) is 0. The Labute approximate surface area is 247 Å². The third kappa shape index (κ3) is 4.28. The van der Waals surface area contributed by atoms with Gasteiger partial charge in [0.1, 0.15) is 4.83 Å². The number of hydrogen-bond acceptors (Lipinski definition) is 4. The molecule has 0 saturated heterocycles. The summed E-state index contributed by atoms with van der Waals surface area (Å²) >= 11 is 1.78. The van der Waals surface area contributed by atoms with E-state index in [-0.39, 0.29) is 0 Å². The van der Waals surface area contributed by atoms with Crippen molar-refractivity contribution in [3.05, 3.63) is 145 Å². The number of rotatable bonds is 5. The molecule has 5 aromatic carbocycles. The van der Waals surface area contributed by atoms with Crippen LogP contribution >= 0.6 is 11.3 Å². The summed E-state index contributed by atoms with van der Waals surface area (Å²) < 4.78 is 2.36. The number of para-hydroxylation sites is 1. The summed E-state index contributed by atoms with van der Waals surface area (Å²) in [4.78, 5) is 15.9. The lowest BCUT2D eigenvalue weighted by molar-refractivity contribution is 1.07. The van der Waals surface area contributed by atoms with Gasteiger partial charge in [0.2, 0.25) is 0 Å². The second-order valence-electron chi connectivity index (χ2n) is 10.2. The quantitative estimate of drug-likeness (QED) is 0.212. The van der Waals surface area contributed by atoms with Crippen LogP contribution in [0, 0.1) is 0 Å². The van der Waals surface area contributed by atoms with Crippen molar-refractivity contribution in [1.82, 2.24) is 19.5 Å². The first-order valence-corrected chi connectivity index (χ1v) is 14.7. The van der Waals surface area contributed by atoms with E-state index in [0.717, 1.165) is 33.5 Å². The van der Waals surface area contributed by atoms with Gasteiger partial charge in [0, 0.05) is 33.2 Å². The van der Waals surface area contributed by atoms with E-state index in [1.807, 2.05) is 60.7 Å². The molecule has 0 saturated carbocycles. The van der Waals surface area contributed by atoms with Gasteiger partial charge < -0.3 is 4.57 Å². The lowest BCUT2D eigenvalue weighted by atomic mass is 10.0. The molecule has 8 aromatic rings. The molecule has 198 valence electrons. The van der Waals surface area contributed by atoms with Crippen LogP contribution in [0.5, 0.6) is 0 Å². The molecule has 42 heavy (non-hydrogen) atoms. The van der Waals surface area contributed by atoms with Crippen LogP contribution in [-0.4, -0.2) is 19.5 Å². The van der Waals surface area contributed by atoms with E-state index in [4.69, 9.17) is 15.0 Å². The largest absolute Gasteiger partial charge is 0.301 e. The summed E-state index contributed by atoms with van der Waals surface area (Å²) in [6, 6.07) is 48.2. The van der Waals surface area contributed by atoms with Crippen LogP contribution in [-0.2, 0) is 0 Å². The van der Waals surface area contributed by atoms with Crippen LogP contribution in [0.4, 0.5) is 0 Å². The first-order chi connectivity index (χ1) is 20.8. The molecule has 0 atom stereocenters. The molecule has 0 aliphatic carbocycles. The number of hydrogen-bond donors (Lipinski definition) is 0. The standard InChI is InChI=1S/C37H24N4S/c1-3-10-26(11-4-1)34-38-35(27-12-5-2-6-13-27)40-36(39-34)29-15-9-14-28(24-29)25-18-20-30(21-19-25)41-33-17-8-7-16-31(33)32-22-23-42-37(32)41/h1-24H. The van der Waals surface area contributed by atoms with E-state index in [9.17, 15) is 0 Å². The number of benzene rings is 5. The topological polar surface area (TPSA) is 43.6 Å². The van der Waals surface area contributed by atoms with E-state index in [1.54, 1.807) is 11.3 Å². The highest BCUT2D eigenvalue weighted by atomic mass is 32.1. The van der Waals surface area contributed by atoms with Crippen molar-refractivity contribution in [3.63, 3.8) is 0 Å². The normalized spacial score (nSPS) is 11.3. The molecule has 3 heterocycles. The minimum Gasteiger partial charge on any atom is -0.301 e. The third-order valence-electron chi connectivity index (χ3n) is 7.56. The van der Waals surface area contributed by atoms with Gasteiger partial charge in [-0.05, 0) is 46.8 Å². The molecular weight excluding hydrogens is 533 g/mol. The molecule has 0 aliphatic heterocycles. The average molecular weight is 557 g/mol. The van der Waals surface area contributed by atoms with Gasteiger partial charge in [-0.1, -0.05) is 109 Å². The lowest BCUT2D eigenvalue weighted by Gasteiger charge is -2.11. The summed E-state index contributed by atoms with van der Waals surface area (Å²) in [5.41, 5.74) is 7.50. The monoisotopic (exact) mass is 556 g/mol. The Morgan fingerprint density at radius 3 is 1.69 bits per heavy atom. The zero-order chi connectivity index (χ0) is 27.9. The van der Waals surface area contributed by atoms with Crippen LogP contribution in [0.25, 0.3) is 72.1 Å². The van der Waals surface area contributed by atoms with E-state index >= 15 is 0 Å². The molecule has 4 nitrogen and oxygen atoms in total. The van der Waals surface area contributed by atoms with Crippen molar-refractivity contribution in [2.75, 3.05) is 0 Å². The Hall–Kier alpha value is -5.39. The first kappa shape index (κ1) is 24.4. The number of aromatic nitrogens is 4. The Morgan fingerprint density at radius 1 is 0.429 bits per heavy atom. The maximum atomic E-state index is 4.91. The fraction of sp³-hybridized carbons (Fsp3) is 0. The van der Waals surface area contributed by atoms with Gasteiger partial charge >= 0.3 is 0 Å². The Bertz CT molecular complexity index is 2120. The summed E-state index contributed by atoms with van der Waals surface area (Å²) in [7, 11) is 0. The maximum Gasteiger partial charge on any atom is 0.164 e. The maximum absolute atomic E-state index is 4.91. The summed E-state index contributed by atoms with van der Waals surface area (Å²) in [6.45, 7) is 0. The number of thiophene rings is 1. The molecule has 3 aromatic heterocycles. The van der Waals surface area contributed by atoms with Gasteiger partial charge in [-0.2, -0.15) is 0 Å². The summed E-state index contributed by atoms with van der Waals surface area (Å²) in [5, 5.41) is 4.75. The van der Waals surface area contributed by atoms with Crippen molar-refractivity contribution in [1.29, 1.82) is 0 Å². The molecule has 0 spiro atoms. The molecule has 0 unspecified atom stereocenters. The van der Waals surface area contributed by atoms with Crippen LogP contribution < -0.4 is 0 Å². The highest BCUT2D eigenvalue weighted by Gasteiger charge is 2.15. The van der Waals surface area contributed by atoms with E-state index in [2.05, 4.69) is 88.8 Å². The molecule has 0 fully saturated rings. The van der Waals surface area contributed by atoms with Gasteiger partial charge in [0.25, 0.3) is 0 Å². The van der Waals surface area contributed by atoms with Crippen molar-refractivity contribution in [2.45, 2.75) is 0 Å². The highest BCUT2D eigenvalue weighted by Crippen LogP contribution is 2.36. The van der Waals surface area contributed by atoms with Crippen LogP contribution in [0.15, 0.2) is 145 Å². The van der Waals surface area contributed by atoms with Gasteiger partial charge in [-0.25, -0.2) is 15.0 Å². The predicted molar refractivity (Wildman–Crippen MR) is 174 cm³/mol. The molecule has 0 amide bonds. The van der Waals surface area contributed by atoms with Gasteiger partial charge in [-0.3, -0.25) is 0 Å². The number of nitrogens with zero attached hydrogens (tertiary/aromatic N) is 4. The summed E-state index contributed by atoms with van der Waals surface area (Å²) in [5.74, 6) is 1.97. The molecule has 0 bridgehead atoms. The van der Waals surface area contributed by atoms with Crippen molar-refractivity contribution in [3.8, 4) is 51.0 Å². The Morgan fingerprint density at radius 2 is 1.00 bits per heavy atom. The molecule has 0 radical (unpaired) electrons. The predicted octanol–water partition coefficient (Wildman–Crippen LogP) is 9.70. The Kier molecular flexibility index (Phi) is 5.94. The average Bonchev–Trinajstić information content (AvgIpc) is 3.67. The van der Waals surface area contributed by atoms with Crippen molar-refractivity contribution in [2.24, 2.45) is 0 Å². The smallest absolute Gasteiger partial charge is 0.164 e. The van der Waals surface area contributed by atoms with Crippen molar-refractivity contribution < 1.29 is 0 Å². The first-order valence-electron chi connectivity index (χ1n) is 13.9. The van der Waals surface area contributed by atoms with Gasteiger partial charge in [-0.15, -0.1) is 11.3 Å². The lowest BCUT2D eigenvalue weighted by Crippen LogP contribution is -2.00. The van der Waals surface area contributed by atoms with E-state index in [1.165, 1.54) is 21.1 Å². The zero-order valence-electron chi connectivity index (χ0n) is 22.6. The van der Waals surface area contributed by atoms with Gasteiger partial charge in [0.05, 0.1) is 5.52 Å². The SMILES string of the molecule is c1ccc(-c2nc(-c3ccccc3)nc(-c3cccc(-c4ccc(-n5c6ccccc6c6ccsc65)cc4)c3)n2)cc1. The van der Waals surface area contributed by atoms with E-state index < -0.39 is 0 Å². The van der Waals surface area contributed by atoms with Crippen LogP contribution in [0.3, 0.4) is 0 Å².